The van der Waals surface area contributed by atoms with Gasteiger partial charge in [-0.1, -0.05) is 11.6 Å². The molecule has 1 aromatic carbocycles. The third-order valence-electron chi connectivity index (χ3n) is 4.20. The third-order valence-corrected chi connectivity index (χ3v) is 4.43. The molecule has 1 aliphatic rings. The summed E-state index contributed by atoms with van der Waals surface area (Å²) in [6.07, 6.45) is 2.35. The zero-order valence-electron chi connectivity index (χ0n) is 12.7. The van der Waals surface area contributed by atoms with Gasteiger partial charge in [0.1, 0.15) is 5.82 Å². The van der Waals surface area contributed by atoms with Crippen LogP contribution >= 0.6 is 11.6 Å². The largest absolute Gasteiger partial charge is 0.396 e. The van der Waals surface area contributed by atoms with Crippen LogP contribution in [0.25, 0.3) is 0 Å². The molecule has 1 aromatic rings. The number of aliphatic hydroxyl groups excluding tert-OH is 1. The number of carbonyl (C=O) groups excluding carboxylic acids is 1. The Kier molecular flexibility index (Phi) is 6.17. The van der Waals surface area contributed by atoms with E-state index in [9.17, 15) is 14.3 Å². The molecular weight excluding hydrogens is 307 g/mol. The molecule has 2 atom stereocenters. The minimum Gasteiger partial charge on any atom is -0.396 e. The number of benzene rings is 1. The molecule has 1 fully saturated rings. The van der Waals surface area contributed by atoms with Crippen molar-refractivity contribution in [3.05, 3.63) is 29.0 Å². The number of anilines is 1. The molecule has 6 heteroatoms. The zero-order chi connectivity index (χ0) is 16.1. The molecule has 2 unspecified atom stereocenters. The molecule has 1 aliphatic heterocycles. The number of rotatable bonds is 5. The number of halogens is 2. The molecule has 1 saturated heterocycles. The van der Waals surface area contributed by atoms with E-state index in [1.807, 2.05) is 0 Å². The van der Waals surface area contributed by atoms with E-state index < -0.39 is 5.82 Å². The van der Waals surface area contributed by atoms with Crippen LogP contribution in [-0.4, -0.2) is 41.7 Å². The van der Waals surface area contributed by atoms with Gasteiger partial charge in [0.2, 0.25) is 5.91 Å². The monoisotopic (exact) mass is 328 g/mol. The molecule has 2 N–H and O–H groups in total. The third kappa shape index (κ3) is 4.66. The normalized spacial score (nSPS) is 22.5. The summed E-state index contributed by atoms with van der Waals surface area (Å²) in [6.45, 7) is 3.73. The number of aliphatic hydroxyl groups is 1. The smallest absolute Gasteiger partial charge is 0.225 e. The Bertz CT molecular complexity index is 527. The van der Waals surface area contributed by atoms with Crippen molar-refractivity contribution in [1.29, 1.82) is 0 Å². The first-order valence-electron chi connectivity index (χ1n) is 7.59. The van der Waals surface area contributed by atoms with Gasteiger partial charge >= 0.3 is 0 Å². The summed E-state index contributed by atoms with van der Waals surface area (Å²) in [5.41, 5.74) is 0.148. The summed E-state index contributed by atoms with van der Waals surface area (Å²) < 4.78 is 13.6. The maximum absolute atomic E-state index is 13.6. The van der Waals surface area contributed by atoms with E-state index in [4.69, 9.17) is 11.6 Å². The van der Waals surface area contributed by atoms with E-state index in [2.05, 4.69) is 17.1 Å². The molecule has 0 aliphatic carbocycles. The van der Waals surface area contributed by atoms with Crippen molar-refractivity contribution < 1.29 is 14.3 Å². The number of nitrogens with zero attached hydrogens (tertiary/aromatic N) is 1. The molecular formula is C16H22ClFN2O2. The second-order valence-corrected chi connectivity index (χ2v) is 6.33. The molecule has 0 spiro atoms. The summed E-state index contributed by atoms with van der Waals surface area (Å²) >= 11 is 5.68. The highest BCUT2D eigenvalue weighted by atomic mass is 35.5. The Morgan fingerprint density at radius 1 is 1.50 bits per heavy atom. The van der Waals surface area contributed by atoms with Crippen LogP contribution < -0.4 is 5.32 Å². The average Bonchev–Trinajstić information content (AvgIpc) is 2.49. The first-order chi connectivity index (χ1) is 10.5. The van der Waals surface area contributed by atoms with Gasteiger partial charge in [0.25, 0.3) is 0 Å². The zero-order valence-corrected chi connectivity index (χ0v) is 13.4. The summed E-state index contributed by atoms with van der Waals surface area (Å²) in [4.78, 5) is 14.2. The minimum absolute atomic E-state index is 0.148. The Balaban J connectivity index is 1.84. The van der Waals surface area contributed by atoms with Crippen molar-refractivity contribution in [3.8, 4) is 0 Å². The van der Waals surface area contributed by atoms with Crippen molar-refractivity contribution in [2.75, 3.05) is 25.0 Å². The highest BCUT2D eigenvalue weighted by Crippen LogP contribution is 2.22. The molecule has 4 nitrogen and oxygen atoms in total. The van der Waals surface area contributed by atoms with Crippen LogP contribution in [0.5, 0.6) is 0 Å². The number of likely N-dealkylation sites (tertiary alicyclic amines) is 1. The van der Waals surface area contributed by atoms with E-state index in [-0.39, 0.29) is 24.1 Å². The number of hydrogen-bond acceptors (Lipinski definition) is 3. The van der Waals surface area contributed by atoms with Crippen LogP contribution in [0.1, 0.15) is 26.2 Å². The van der Waals surface area contributed by atoms with Gasteiger partial charge in [-0.15, -0.1) is 0 Å². The molecule has 2 rings (SSSR count). The second-order valence-electron chi connectivity index (χ2n) is 5.89. The van der Waals surface area contributed by atoms with Crippen LogP contribution in [0, 0.1) is 11.7 Å². The van der Waals surface area contributed by atoms with Gasteiger partial charge in [-0.25, -0.2) is 4.39 Å². The lowest BCUT2D eigenvalue weighted by Crippen LogP contribution is -2.43. The second kappa shape index (κ2) is 7.90. The number of piperidine rings is 1. The van der Waals surface area contributed by atoms with Crippen molar-refractivity contribution in [2.45, 2.75) is 32.2 Å². The van der Waals surface area contributed by atoms with Gasteiger partial charge < -0.3 is 10.4 Å². The topological polar surface area (TPSA) is 52.6 Å². The molecule has 0 aromatic heterocycles. The SMILES string of the molecule is CC1CCC(CO)CN1CCC(=O)Nc1ccc(Cl)cc1F. The van der Waals surface area contributed by atoms with Crippen LogP contribution in [0.3, 0.4) is 0 Å². The number of amides is 1. The summed E-state index contributed by atoms with van der Waals surface area (Å²) in [7, 11) is 0. The van der Waals surface area contributed by atoms with Crippen molar-refractivity contribution in [3.63, 3.8) is 0 Å². The van der Waals surface area contributed by atoms with E-state index in [1.54, 1.807) is 6.07 Å². The quantitative estimate of drug-likeness (QED) is 0.874. The molecule has 1 amide bonds. The molecule has 0 bridgehead atoms. The number of hydrogen-bond donors (Lipinski definition) is 2. The lowest BCUT2D eigenvalue weighted by molar-refractivity contribution is -0.116. The van der Waals surface area contributed by atoms with Gasteiger partial charge in [-0.3, -0.25) is 9.69 Å². The first kappa shape index (κ1) is 17.2. The maximum atomic E-state index is 13.6. The maximum Gasteiger partial charge on any atom is 0.225 e. The van der Waals surface area contributed by atoms with Gasteiger partial charge in [0.05, 0.1) is 5.69 Å². The van der Waals surface area contributed by atoms with Gasteiger partial charge in [-0.2, -0.15) is 0 Å². The van der Waals surface area contributed by atoms with Crippen molar-refractivity contribution >= 4 is 23.2 Å². The van der Waals surface area contributed by atoms with E-state index in [0.29, 0.717) is 24.0 Å². The fraction of sp³-hybridized carbons (Fsp3) is 0.562. The van der Waals surface area contributed by atoms with Crippen LogP contribution in [-0.2, 0) is 4.79 Å². The minimum atomic E-state index is -0.535. The van der Waals surface area contributed by atoms with Gasteiger partial charge in [0, 0.05) is 37.2 Å². The summed E-state index contributed by atoms with van der Waals surface area (Å²) in [5, 5.41) is 12.1. The van der Waals surface area contributed by atoms with Crippen LogP contribution in [0.15, 0.2) is 18.2 Å². The van der Waals surface area contributed by atoms with Gasteiger partial charge in [0.15, 0.2) is 0 Å². The molecule has 0 saturated carbocycles. The lowest BCUT2D eigenvalue weighted by atomic mass is 9.94. The van der Waals surface area contributed by atoms with Crippen molar-refractivity contribution in [1.82, 2.24) is 4.90 Å². The highest BCUT2D eigenvalue weighted by molar-refractivity contribution is 6.30. The first-order valence-corrected chi connectivity index (χ1v) is 7.97. The molecule has 122 valence electrons. The lowest BCUT2D eigenvalue weighted by Gasteiger charge is -2.37. The average molecular weight is 329 g/mol. The predicted molar refractivity (Wildman–Crippen MR) is 85.5 cm³/mol. The van der Waals surface area contributed by atoms with E-state index in [1.165, 1.54) is 12.1 Å². The molecule has 0 radical (unpaired) electrons. The predicted octanol–water partition coefficient (Wildman–Crippen LogP) is 2.90. The Morgan fingerprint density at radius 2 is 2.27 bits per heavy atom. The van der Waals surface area contributed by atoms with Crippen LogP contribution in [0.2, 0.25) is 5.02 Å². The summed E-state index contributed by atoms with van der Waals surface area (Å²) in [6, 6.07) is 4.58. The van der Waals surface area contributed by atoms with E-state index in [0.717, 1.165) is 19.4 Å². The highest BCUT2D eigenvalue weighted by Gasteiger charge is 2.25. The molecule has 22 heavy (non-hydrogen) atoms. The Morgan fingerprint density at radius 3 is 2.95 bits per heavy atom. The van der Waals surface area contributed by atoms with E-state index >= 15 is 0 Å². The Hall–Kier alpha value is -1.17. The molecule has 1 heterocycles. The fourth-order valence-electron chi connectivity index (χ4n) is 2.77. The standard InChI is InChI=1S/C16H22ClFN2O2/c1-11-2-3-12(10-21)9-20(11)7-6-16(22)19-15-5-4-13(17)8-14(15)18/h4-5,8,11-12,21H,2-3,6-7,9-10H2,1H3,(H,19,22). The van der Waals surface area contributed by atoms with Crippen molar-refractivity contribution in [2.24, 2.45) is 5.92 Å². The summed E-state index contributed by atoms with van der Waals surface area (Å²) in [5.74, 6) is -0.472. The Labute approximate surface area is 135 Å². The fourth-order valence-corrected chi connectivity index (χ4v) is 2.93. The number of carbonyl (C=O) groups is 1. The van der Waals surface area contributed by atoms with Gasteiger partial charge in [-0.05, 0) is 43.9 Å². The number of nitrogens with one attached hydrogen (secondary N) is 1. The van der Waals surface area contributed by atoms with Crippen LogP contribution in [0.4, 0.5) is 10.1 Å².